The zero-order valence-electron chi connectivity index (χ0n) is 14.0. The van der Waals surface area contributed by atoms with Crippen molar-refractivity contribution in [2.24, 2.45) is 0 Å². The fraction of sp³-hybridized carbons (Fsp3) is 0.300. The molecule has 4 nitrogen and oxygen atoms in total. The Morgan fingerprint density at radius 1 is 0.920 bits per heavy atom. The Bertz CT molecular complexity index is 742. The number of nitrogens with one attached hydrogen (secondary N) is 1. The summed E-state index contributed by atoms with van der Waals surface area (Å²) < 4.78 is 0. The molecular weight excluding hydrogens is 336 g/mol. The summed E-state index contributed by atoms with van der Waals surface area (Å²) in [6.07, 6.45) is 5.32. The predicted molar refractivity (Wildman–Crippen MR) is 100 cm³/mol. The average molecular weight is 357 g/mol. The molecule has 0 aromatic heterocycles. The maximum Gasteiger partial charge on any atom is 0.329 e. The van der Waals surface area contributed by atoms with Crippen molar-refractivity contribution in [1.29, 1.82) is 0 Å². The van der Waals surface area contributed by atoms with Crippen LogP contribution in [0.2, 0.25) is 5.02 Å². The SMILES string of the molecule is O=C(NC1CCCCC1)N(C(=O)c1ccccc1Cl)c1ccccc1. The van der Waals surface area contributed by atoms with Crippen LogP contribution < -0.4 is 10.2 Å². The Labute approximate surface area is 152 Å². The Hall–Kier alpha value is -2.33. The summed E-state index contributed by atoms with van der Waals surface area (Å²) in [5, 5.41) is 3.34. The molecule has 1 aliphatic rings. The van der Waals surface area contributed by atoms with Crippen LogP contribution in [0.4, 0.5) is 10.5 Å². The average Bonchev–Trinajstić information content (AvgIpc) is 2.64. The second-order valence-electron chi connectivity index (χ2n) is 6.24. The number of para-hydroxylation sites is 1. The van der Waals surface area contributed by atoms with Gasteiger partial charge in [-0.15, -0.1) is 0 Å². The molecule has 5 heteroatoms. The first-order chi connectivity index (χ1) is 12.2. The van der Waals surface area contributed by atoms with Gasteiger partial charge in [0.2, 0.25) is 0 Å². The molecule has 1 N–H and O–H groups in total. The number of carbonyl (C=O) groups is 2. The standard InChI is InChI=1S/C20H21ClN2O2/c21-18-14-8-7-13-17(18)19(24)23(16-11-5-2-6-12-16)20(25)22-15-9-3-1-4-10-15/h2,5-8,11-15H,1,3-4,9-10H2,(H,22,25). The fourth-order valence-corrected chi connectivity index (χ4v) is 3.36. The molecule has 0 spiro atoms. The Morgan fingerprint density at radius 3 is 2.24 bits per heavy atom. The monoisotopic (exact) mass is 356 g/mol. The van der Waals surface area contributed by atoms with Crippen molar-refractivity contribution in [3.63, 3.8) is 0 Å². The van der Waals surface area contributed by atoms with Crippen LogP contribution in [-0.4, -0.2) is 18.0 Å². The lowest BCUT2D eigenvalue weighted by atomic mass is 9.96. The van der Waals surface area contributed by atoms with Gasteiger partial charge in [-0.3, -0.25) is 4.79 Å². The van der Waals surface area contributed by atoms with E-state index in [1.54, 1.807) is 48.5 Å². The van der Waals surface area contributed by atoms with E-state index in [2.05, 4.69) is 5.32 Å². The molecule has 3 rings (SSSR count). The first-order valence-electron chi connectivity index (χ1n) is 8.61. The zero-order chi connectivity index (χ0) is 17.6. The van der Waals surface area contributed by atoms with Gasteiger partial charge in [-0.2, -0.15) is 0 Å². The van der Waals surface area contributed by atoms with Gasteiger partial charge in [0.05, 0.1) is 16.3 Å². The molecular formula is C20H21ClN2O2. The van der Waals surface area contributed by atoms with Gasteiger partial charge in [0.25, 0.3) is 5.91 Å². The molecule has 0 radical (unpaired) electrons. The van der Waals surface area contributed by atoms with Crippen molar-refractivity contribution in [1.82, 2.24) is 5.32 Å². The lowest BCUT2D eigenvalue weighted by Gasteiger charge is -2.27. The molecule has 0 aliphatic heterocycles. The summed E-state index contributed by atoms with van der Waals surface area (Å²) in [6.45, 7) is 0. The molecule has 2 aromatic carbocycles. The number of urea groups is 1. The molecule has 2 aromatic rings. The number of anilines is 1. The highest BCUT2D eigenvalue weighted by Crippen LogP contribution is 2.23. The molecule has 0 bridgehead atoms. The van der Waals surface area contributed by atoms with E-state index in [1.165, 1.54) is 11.3 Å². The van der Waals surface area contributed by atoms with Gasteiger partial charge in [0, 0.05) is 6.04 Å². The summed E-state index contributed by atoms with van der Waals surface area (Å²) in [4.78, 5) is 27.1. The molecule has 0 atom stereocenters. The van der Waals surface area contributed by atoms with Gasteiger partial charge >= 0.3 is 6.03 Å². The Kier molecular flexibility index (Phi) is 5.71. The molecule has 0 heterocycles. The smallest absolute Gasteiger partial charge is 0.329 e. The lowest BCUT2D eigenvalue weighted by Crippen LogP contribution is -2.48. The molecule has 1 aliphatic carbocycles. The van der Waals surface area contributed by atoms with E-state index in [0.717, 1.165) is 25.7 Å². The molecule has 25 heavy (non-hydrogen) atoms. The molecule has 0 saturated heterocycles. The zero-order valence-corrected chi connectivity index (χ0v) is 14.7. The molecule has 1 saturated carbocycles. The van der Waals surface area contributed by atoms with Gasteiger partial charge in [-0.1, -0.05) is 61.2 Å². The third kappa shape index (κ3) is 4.20. The van der Waals surface area contributed by atoms with Gasteiger partial charge in [-0.05, 0) is 37.1 Å². The van der Waals surface area contributed by atoms with Gasteiger partial charge in [0.1, 0.15) is 0 Å². The summed E-state index contributed by atoms with van der Waals surface area (Å²) in [6, 6.07) is 15.4. The predicted octanol–water partition coefficient (Wildman–Crippen LogP) is 5.03. The van der Waals surface area contributed by atoms with Crippen LogP contribution in [0.15, 0.2) is 54.6 Å². The van der Waals surface area contributed by atoms with Crippen molar-refractivity contribution >= 4 is 29.2 Å². The minimum atomic E-state index is -0.426. The van der Waals surface area contributed by atoms with Crippen LogP contribution in [0.3, 0.4) is 0 Å². The highest BCUT2D eigenvalue weighted by Gasteiger charge is 2.28. The second kappa shape index (κ2) is 8.17. The first kappa shape index (κ1) is 17.5. The number of hydrogen-bond donors (Lipinski definition) is 1. The van der Waals surface area contributed by atoms with E-state index in [1.807, 2.05) is 6.07 Å². The van der Waals surface area contributed by atoms with E-state index in [0.29, 0.717) is 16.3 Å². The van der Waals surface area contributed by atoms with Crippen molar-refractivity contribution < 1.29 is 9.59 Å². The fourth-order valence-electron chi connectivity index (χ4n) is 3.15. The highest BCUT2D eigenvalue weighted by molar-refractivity contribution is 6.35. The molecule has 1 fully saturated rings. The van der Waals surface area contributed by atoms with Gasteiger partial charge < -0.3 is 5.32 Å². The van der Waals surface area contributed by atoms with Gasteiger partial charge in [0.15, 0.2) is 0 Å². The van der Waals surface area contributed by atoms with E-state index >= 15 is 0 Å². The number of imide groups is 1. The lowest BCUT2D eigenvalue weighted by molar-refractivity contribution is 0.0993. The number of nitrogens with zero attached hydrogens (tertiary/aromatic N) is 1. The van der Waals surface area contributed by atoms with Crippen LogP contribution in [0, 0.1) is 0 Å². The van der Waals surface area contributed by atoms with Crippen molar-refractivity contribution in [2.75, 3.05) is 4.90 Å². The van der Waals surface area contributed by atoms with E-state index in [9.17, 15) is 9.59 Å². The maximum atomic E-state index is 13.0. The van der Waals surface area contributed by atoms with Crippen molar-refractivity contribution in [3.05, 3.63) is 65.2 Å². The number of rotatable bonds is 3. The van der Waals surface area contributed by atoms with Crippen LogP contribution in [0.5, 0.6) is 0 Å². The molecule has 130 valence electrons. The van der Waals surface area contributed by atoms with Crippen LogP contribution in [0.25, 0.3) is 0 Å². The minimum Gasteiger partial charge on any atom is -0.335 e. The van der Waals surface area contributed by atoms with Crippen molar-refractivity contribution in [3.8, 4) is 0 Å². The van der Waals surface area contributed by atoms with E-state index < -0.39 is 11.9 Å². The number of halogens is 1. The number of amides is 3. The summed E-state index contributed by atoms with van der Waals surface area (Å²) in [5.41, 5.74) is 0.840. The third-order valence-electron chi connectivity index (χ3n) is 4.46. The molecule has 0 unspecified atom stereocenters. The van der Waals surface area contributed by atoms with Crippen LogP contribution in [0.1, 0.15) is 42.5 Å². The van der Waals surface area contributed by atoms with Gasteiger partial charge in [-0.25, -0.2) is 9.69 Å². The summed E-state index contributed by atoms with van der Waals surface area (Å²) >= 11 is 6.17. The Balaban J connectivity index is 1.88. The van der Waals surface area contributed by atoms with Crippen LogP contribution in [-0.2, 0) is 0 Å². The minimum absolute atomic E-state index is 0.117. The number of carbonyl (C=O) groups excluding carboxylic acids is 2. The number of hydrogen-bond acceptors (Lipinski definition) is 2. The summed E-state index contributed by atoms with van der Waals surface area (Å²) in [5.74, 6) is -0.426. The molecule has 3 amide bonds. The van der Waals surface area contributed by atoms with E-state index in [4.69, 9.17) is 11.6 Å². The largest absolute Gasteiger partial charge is 0.335 e. The topological polar surface area (TPSA) is 49.4 Å². The highest BCUT2D eigenvalue weighted by atomic mass is 35.5. The maximum absolute atomic E-state index is 13.0. The van der Waals surface area contributed by atoms with Crippen molar-refractivity contribution in [2.45, 2.75) is 38.1 Å². The third-order valence-corrected chi connectivity index (χ3v) is 4.79. The summed E-state index contributed by atoms with van der Waals surface area (Å²) in [7, 11) is 0. The Morgan fingerprint density at radius 2 is 1.56 bits per heavy atom. The van der Waals surface area contributed by atoms with E-state index in [-0.39, 0.29) is 6.04 Å². The normalized spacial score (nSPS) is 14.8. The second-order valence-corrected chi connectivity index (χ2v) is 6.65. The number of benzene rings is 2. The quantitative estimate of drug-likeness (QED) is 0.838. The first-order valence-corrected chi connectivity index (χ1v) is 8.99. The van der Waals surface area contributed by atoms with Crippen LogP contribution >= 0.6 is 11.6 Å².